The highest BCUT2D eigenvalue weighted by atomic mass is 19.1. The van der Waals surface area contributed by atoms with E-state index in [4.69, 9.17) is 0 Å². The molecule has 0 fully saturated rings. The van der Waals surface area contributed by atoms with Crippen LogP contribution in [0.3, 0.4) is 0 Å². The van der Waals surface area contributed by atoms with Crippen LogP contribution in [0.5, 0.6) is 5.88 Å². The van der Waals surface area contributed by atoms with Crippen LogP contribution in [0.4, 0.5) is 8.78 Å². The van der Waals surface area contributed by atoms with Crippen molar-refractivity contribution in [3.05, 3.63) is 61.8 Å². The average Bonchev–Trinajstić information content (AvgIpc) is 2.38. The fourth-order valence-corrected chi connectivity index (χ4v) is 1.90. The number of aromatic nitrogens is 2. The first-order valence-corrected chi connectivity index (χ1v) is 5.93. The molecule has 0 amide bonds. The molecule has 0 aliphatic rings. The lowest BCUT2D eigenvalue weighted by Gasteiger charge is -2.11. The Hall–Kier alpha value is -2.44. The van der Waals surface area contributed by atoms with Crippen LogP contribution in [0.1, 0.15) is 18.1 Å². The molecule has 20 heavy (non-hydrogen) atoms. The molecule has 0 atom stereocenters. The number of aromatic hydroxyl groups is 1. The van der Waals surface area contributed by atoms with E-state index < -0.39 is 28.8 Å². The van der Waals surface area contributed by atoms with Gasteiger partial charge in [0.25, 0.3) is 5.56 Å². The Morgan fingerprint density at radius 3 is 2.65 bits per heavy atom. The van der Waals surface area contributed by atoms with Crippen LogP contribution in [-0.4, -0.2) is 14.7 Å². The van der Waals surface area contributed by atoms with Crippen molar-refractivity contribution in [3.8, 4) is 5.88 Å². The van der Waals surface area contributed by atoms with E-state index in [0.29, 0.717) is 0 Å². The minimum atomic E-state index is -0.881. The Morgan fingerprint density at radius 2 is 2.00 bits per heavy atom. The van der Waals surface area contributed by atoms with Crippen LogP contribution in [0.2, 0.25) is 0 Å². The molecule has 2 aromatic rings. The van der Waals surface area contributed by atoms with Crippen LogP contribution in [0.15, 0.2) is 27.8 Å². The number of hydrogen-bond acceptors (Lipinski definition) is 3. The molecule has 0 saturated heterocycles. The third-order valence-corrected chi connectivity index (χ3v) is 2.96. The van der Waals surface area contributed by atoms with Gasteiger partial charge in [-0.15, -0.1) is 0 Å². The molecule has 7 heteroatoms. The average molecular weight is 282 g/mol. The summed E-state index contributed by atoms with van der Waals surface area (Å²) in [4.78, 5) is 25.1. The first kappa shape index (κ1) is 14.0. The zero-order valence-corrected chi connectivity index (χ0v) is 10.6. The number of aromatic amines is 1. The molecule has 0 bridgehead atoms. The third kappa shape index (κ3) is 2.47. The predicted molar refractivity (Wildman–Crippen MR) is 67.8 cm³/mol. The second kappa shape index (κ2) is 5.28. The van der Waals surface area contributed by atoms with E-state index in [-0.39, 0.29) is 24.1 Å². The summed E-state index contributed by atoms with van der Waals surface area (Å²) in [6.07, 6.45) is 0.201. The van der Waals surface area contributed by atoms with Gasteiger partial charge in [-0.3, -0.25) is 14.3 Å². The molecule has 5 nitrogen and oxygen atoms in total. The van der Waals surface area contributed by atoms with E-state index in [9.17, 15) is 23.5 Å². The van der Waals surface area contributed by atoms with E-state index >= 15 is 0 Å². The second-order valence-electron chi connectivity index (χ2n) is 4.24. The van der Waals surface area contributed by atoms with Crippen molar-refractivity contribution in [2.75, 3.05) is 0 Å². The van der Waals surface area contributed by atoms with Crippen molar-refractivity contribution >= 4 is 0 Å². The fourth-order valence-electron chi connectivity index (χ4n) is 1.90. The standard InChI is InChI=1S/C13H12F2N2O3/c1-2-9-11(18)16-13(20)17(12(9)19)6-7-5-8(14)3-4-10(7)15/h3-5,19H,2,6H2,1H3,(H,16,18,20). The molecule has 1 aromatic heterocycles. The molecule has 0 aliphatic heterocycles. The molecule has 2 rings (SSSR count). The number of H-pyrrole nitrogens is 1. The van der Waals surface area contributed by atoms with Crippen molar-refractivity contribution in [2.45, 2.75) is 19.9 Å². The van der Waals surface area contributed by atoms with Crippen LogP contribution < -0.4 is 11.2 Å². The second-order valence-corrected chi connectivity index (χ2v) is 4.24. The monoisotopic (exact) mass is 282 g/mol. The maximum atomic E-state index is 13.5. The molecule has 106 valence electrons. The molecule has 0 radical (unpaired) electrons. The van der Waals surface area contributed by atoms with Gasteiger partial charge in [0, 0.05) is 5.56 Å². The number of halogens is 2. The summed E-state index contributed by atoms with van der Waals surface area (Å²) in [6.45, 7) is 1.25. The molecule has 2 N–H and O–H groups in total. The maximum Gasteiger partial charge on any atom is 0.331 e. The normalized spacial score (nSPS) is 10.8. The largest absolute Gasteiger partial charge is 0.494 e. The molecule has 1 aromatic carbocycles. The van der Waals surface area contributed by atoms with Crippen LogP contribution in [0, 0.1) is 11.6 Å². The Kier molecular flexibility index (Phi) is 3.69. The number of nitrogens with zero attached hydrogens (tertiary/aromatic N) is 1. The smallest absolute Gasteiger partial charge is 0.331 e. The summed E-state index contributed by atoms with van der Waals surface area (Å²) in [5.74, 6) is -1.90. The quantitative estimate of drug-likeness (QED) is 0.886. The number of nitrogens with one attached hydrogen (secondary N) is 1. The van der Waals surface area contributed by atoms with Gasteiger partial charge in [0.2, 0.25) is 5.88 Å². The van der Waals surface area contributed by atoms with Crippen LogP contribution in [0.25, 0.3) is 0 Å². The van der Waals surface area contributed by atoms with Crippen molar-refractivity contribution in [1.29, 1.82) is 0 Å². The zero-order valence-electron chi connectivity index (χ0n) is 10.6. The van der Waals surface area contributed by atoms with Gasteiger partial charge in [0.05, 0.1) is 12.1 Å². The van der Waals surface area contributed by atoms with Crippen LogP contribution >= 0.6 is 0 Å². The van der Waals surface area contributed by atoms with Gasteiger partial charge in [-0.05, 0) is 24.6 Å². The van der Waals surface area contributed by atoms with Crippen molar-refractivity contribution in [3.63, 3.8) is 0 Å². The summed E-state index contributed by atoms with van der Waals surface area (Å²) in [5, 5.41) is 9.90. The first-order chi connectivity index (χ1) is 9.43. The van der Waals surface area contributed by atoms with E-state index in [1.54, 1.807) is 6.92 Å². The third-order valence-electron chi connectivity index (χ3n) is 2.96. The predicted octanol–water partition coefficient (Wildman–Crippen LogP) is 1.13. The minimum absolute atomic E-state index is 0.0152. The van der Waals surface area contributed by atoms with Crippen LogP contribution in [-0.2, 0) is 13.0 Å². The molecular formula is C13H12F2N2O3. The lowest BCUT2D eigenvalue weighted by Crippen LogP contribution is -2.32. The van der Waals surface area contributed by atoms with Gasteiger partial charge in [-0.25, -0.2) is 13.6 Å². The molecular weight excluding hydrogens is 270 g/mol. The van der Waals surface area contributed by atoms with Gasteiger partial charge in [-0.2, -0.15) is 0 Å². The first-order valence-electron chi connectivity index (χ1n) is 5.93. The van der Waals surface area contributed by atoms with Crippen molar-refractivity contribution in [1.82, 2.24) is 9.55 Å². The fraction of sp³-hybridized carbons (Fsp3) is 0.231. The summed E-state index contributed by atoms with van der Waals surface area (Å²) in [5.41, 5.74) is -1.66. The maximum absolute atomic E-state index is 13.5. The van der Waals surface area contributed by atoms with Gasteiger partial charge in [-0.1, -0.05) is 6.92 Å². The molecule has 0 saturated carbocycles. The summed E-state index contributed by atoms with van der Waals surface area (Å²) >= 11 is 0. The van der Waals surface area contributed by atoms with E-state index in [1.807, 2.05) is 4.98 Å². The van der Waals surface area contributed by atoms with Gasteiger partial charge >= 0.3 is 5.69 Å². The number of hydrogen-bond donors (Lipinski definition) is 2. The Balaban J connectivity index is 2.57. The van der Waals surface area contributed by atoms with Gasteiger partial charge in [0.1, 0.15) is 11.6 Å². The van der Waals surface area contributed by atoms with E-state index in [1.165, 1.54) is 0 Å². The molecule has 1 heterocycles. The highest BCUT2D eigenvalue weighted by molar-refractivity contribution is 5.25. The van der Waals surface area contributed by atoms with Gasteiger partial charge < -0.3 is 5.11 Å². The highest BCUT2D eigenvalue weighted by Crippen LogP contribution is 2.15. The summed E-state index contributed by atoms with van der Waals surface area (Å²) in [7, 11) is 0. The van der Waals surface area contributed by atoms with Crippen molar-refractivity contribution < 1.29 is 13.9 Å². The topological polar surface area (TPSA) is 75.1 Å². The zero-order chi connectivity index (χ0) is 14.9. The minimum Gasteiger partial charge on any atom is -0.494 e. The Morgan fingerprint density at radius 1 is 1.30 bits per heavy atom. The Bertz CT molecular complexity index is 765. The number of rotatable bonds is 3. The Labute approximate surface area is 112 Å². The van der Waals surface area contributed by atoms with E-state index in [0.717, 1.165) is 22.8 Å². The SMILES string of the molecule is CCc1c(O)n(Cc2cc(F)ccc2F)c(=O)[nH]c1=O. The lowest BCUT2D eigenvalue weighted by molar-refractivity contribution is 0.400. The molecule has 0 unspecified atom stereocenters. The van der Waals surface area contributed by atoms with Gasteiger partial charge in [0.15, 0.2) is 0 Å². The molecule has 0 spiro atoms. The highest BCUT2D eigenvalue weighted by Gasteiger charge is 2.14. The summed E-state index contributed by atoms with van der Waals surface area (Å²) < 4.78 is 27.4. The van der Waals surface area contributed by atoms with Crippen molar-refractivity contribution in [2.24, 2.45) is 0 Å². The summed E-state index contributed by atoms with van der Waals surface area (Å²) in [6, 6.07) is 2.81. The number of benzene rings is 1. The van der Waals surface area contributed by atoms with E-state index in [2.05, 4.69) is 0 Å². The lowest BCUT2D eigenvalue weighted by atomic mass is 10.2. The molecule has 0 aliphatic carbocycles.